The Labute approximate surface area is 104 Å². The third kappa shape index (κ3) is 2.72. The topological polar surface area (TPSA) is 51.1 Å². The van der Waals surface area contributed by atoms with E-state index in [0.717, 1.165) is 13.1 Å². The maximum Gasteiger partial charge on any atom is 0.231 e. The van der Waals surface area contributed by atoms with Crippen LogP contribution in [-0.2, 0) is 4.74 Å². The summed E-state index contributed by atoms with van der Waals surface area (Å²) in [6.07, 6.45) is 0.274. The van der Waals surface area contributed by atoms with E-state index in [2.05, 4.69) is 15.0 Å². The van der Waals surface area contributed by atoms with Crippen LogP contribution in [0.4, 0.5) is 5.95 Å². The Kier molecular flexibility index (Phi) is 3.47. The highest BCUT2D eigenvalue weighted by atomic mass is 35.5. The van der Waals surface area contributed by atoms with E-state index in [1.807, 2.05) is 18.7 Å². The standard InChI is InChI=1S/C9H12Cl2N4O/c1-5-3-15(4-6(2)16-5)9-13-7(10)12-8(11)14-9/h5-6H,3-4H2,1-2H3. The van der Waals surface area contributed by atoms with Gasteiger partial charge in [-0.1, -0.05) is 0 Å². The second-order valence-electron chi connectivity index (χ2n) is 3.84. The zero-order valence-corrected chi connectivity index (χ0v) is 10.5. The lowest BCUT2D eigenvalue weighted by Gasteiger charge is -2.35. The zero-order valence-electron chi connectivity index (χ0n) is 9.02. The summed E-state index contributed by atoms with van der Waals surface area (Å²) < 4.78 is 5.62. The van der Waals surface area contributed by atoms with E-state index in [1.165, 1.54) is 0 Å². The van der Waals surface area contributed by atoms with Gasteiger partial charge in [0.05, 0.1) is 12.2 Å². The molecule has 2 atom stereocenters. The first-order valence-electron chi connectivity index (χ1n) is 5.02. The Morgan fingerprint density at radius 2 is 1.56 bits per heavy atom. The molecule has 1 saturated heterocycles. The number of anilines is 1. The van der Waals surface area contributed by atoms with Crippen molar-refractivity contribution in [2.45, 2.75) is 26.1 Å². The van der Waals surface area contributed by atoms with Crippen LogP contribution in [0.5, 0.6) is 0 Å². The number of ether oxygens (including phenoxy) is 1. The molecular formula is C9H12Cl2N4O. The number of hydrogen-bond acceptors (Lipinski definition) is 5. The van der Waals surface area contributed by atoms with Crippen LogP contribution in [0.15, 0.2) is 0 Å². The van der Waals surface area contributed by atoms with E-state index >= 15 is 0 Å². The van der Waals surface area contributed by atoms with Crippen LogP contribution < -0.4 is 4.90 Å². The molecule has 0 aromatic carbocycles. The molecule has 1 aromatic rings. The van der Waals surface area contributed by atoms with Gasteiger partial charge in [-0.15, -0.1) is 0 Å². The van der Waals surface area contributed by atoms with Crippen molar-refractivity contribution in [1.82, 2.24) is 15.0 Å². The second kappa shape index (κ2) is 4.69. The summed E-state index contributed by atoms with van der Waals surface area (Å²) in [5.41, 5.74) is 0. The molecule has 7 heteroatoms. The van der Waals surface area contributed by atoms with Crippen molar-refractivity contribution in [2.75, 3.05) is 18.0 Å². The minimum absolute atomic E-state index is 0.113. The minimum atomic E-state index is 0.113. The number of aromatic nitrogens is 3. The van der Waals surface area contributed by atoms with Gasteiger partial charge in [0.25, 0.3) is 0 Å². The summed E-state index contributed by atoms with van der Waals surface area (Å²) in [7, 11) is 0. The summed E-state index contributed by atoms with van der Waals surface area (Å²) in [5, 5.41) is 0.226. The SMILES string of the molecule is CC1CN(c2nc(Cl)nc(Cl)n2)CC(C)O1. The summed E-state index contributed by atoms with van der Waals surface area (Å²) in [5.74, 6) is 0.506. The number of nitrogens with zero attached hydrogens (tertiary/aromatic N) is 4. The van der Waals surface area contributed by atoms with Crippen LogP contribution >= 0.6 is 23.2 Å². The maximum atomic E-state index is 5.74. The molecule has 0 aliphatic carbocycles. The van der Waals surface area contributed by atoms with Crippen molar-refractivity contribution in [3.8, 4) is 0 Å². The molecule has 0 saturated carbocycles. The summed E-state index contributed by atoms with van der Waals surface area (Å²) in [6, 6.07) is 0. The molecule has 2 heterocycles. The van der Waals surface area contributed by atoms with E-state index in [1.54, 1.807) is 0 Å². The van der Waals surface area contributed by atoms with Crippen molar-refractivity contribution in [3.05, 3.63) is 10.6 Å². The Hall–Kier alpha value is -0.650. The molecule has 1 aliphatic rings. The Balaban J connectivity index is 2.22. The number of halogens is 2. The van der Waals surface area contributed by atoms with Gasteiger partial charge < -0.3 is 9.64 Å². The van der Waals surface area contributed by atoms with Crippen molar-refractivity contribution in [1.29, 1.82) is 0 Å². The van der Waals surface area contributed by atoms with Gasteiger partial charge in [0, 0.05) is 13.1 Å². The largest absolute Gasteiger partial charge is 0.372 e. The average Bonchev–Trinajstić information content (AvgIpc) is 2.14. The van der Waals surface area contributed by atoms with Gasteiger partial charge in [0.2, 0.25) is 16.5 Å². The summed E-state index contributed by atoms with van der Waals surface area (Å²) in [6.45, 7) is 5.46. The van der Waals surface area contributed by atoms with Crippen LogP contribution in [-0.4, -0.2) is 40.2 Å². The van der Waals surface area contributed by atoms with E-state index < -0.39 is 0 Å². The molecule has 0 spiro atoms. The third-order valence-electron chi connectivity index (χ3n) is 2.27. The molecular weight excluding hydrogens is 251 g/mol. The molecule has 88 valence electrons. The normalized spacial score (nSPS) is 25.9. The van der Waals surface area contributed by atoms with Crippen molar-refractivity contribution >= 4 is 29.2 Å². The Morgan fingerprint density at radius 3 is 2.06 bits per heavy atom. The lowest BCUT2D eigenvalue weighted by molar-refractivity contribution is -0.00573. The fourth-order valence-corrected chi connectivity index (χ4v) is 2.15. The van der Waals surface area contributed by atoms with Crippen molar-refractivity contribution < 1.29 is 4.74 Å². The van der Waals surface area contributed by atoms with Gasteiger partial charge in [-0.3, -0.25) is 0 Å². The van der Waals surface area contributed by atoms with Crippen LogP contribution in [0.2, 0.25) is 10.6 Å². The van der Waals surface area contributed by atoms with Gasteiger partial charge in [-0.2, -0.15) is 15.0 Å². The lowest BCUT2D eigenvalue weighted by Crippen LogP contribution is -2.46. The molecule has 1 aromatic heterocycles. The molecule has 2 unspecified atom stereocenters. The second-order valence-corrected chi connectivity index (χ2v) is 4.51. The van der Waals surface area contributed by atoms with E-state index in [9.17, 15) is 0 Å². The Bertz CT molecular complexity index is 360. The summed E-state index contributed by atoms with van der Waals surface area (Å²) >= 11 is 11.5. The van der Waals surface area contributed by atoms with E-state index in [4.69, 9.17) is 27.9 Å². The lowest BCUT2D eigenvalue weighted by atomic mass is 10.2. The molecule has 0 bridgehead atoms. The number of hydrogen-bond donors (Lipinski definition) is 0. The quantitative estimate of drug-likeness (QED) is 0.773. The third-order valence-corrected chi connectivity index (χ3v) is 2.61. The monoisotopic (exact) mass is 262 g/mol. The van der Waals surface area contributed by atoms with Gasteiger partial charge in [0.15, 0.2) is 0 Å². The fraction of sp³-hybridized carbons (Fsp3) is 0.667. The fourth-order valence-electron chi connectivity index (χ4n) is 1.80. The van der Waals surface area contributed by atoms with Gasteiger partial charge in [0.1, 0.15) is 0 Å². The van der Waals surface area contributed by atoms with Gasteiger partial charge in [-0.25, -0.2) is 0 Å². The predicted octanol–water partition coefficient (Wildman–Crippen LogP) is 1.79. The zero-order chi connectivity index (χ0) is 11.7. The van der Waals surface area contributed by atoms with Gasteiger partial charge in [-0.05, 0) is 37.0 Å². The van der Waals surface area contributed by atoms with Crippen LogP contribution in [0.25, 0.3) is 0 Å². The van der Waals surface area contributed by atoms with E-state index in [-0.39, 0.29) is 22.8 Å². The highest BCUT2D eigenvalue weighted by molar-refractivity contribution is 6.31. The first-order chi connectivity index (χ1) is 7.54. The number of morpholine rings is 1. The summed E-state index contributed by atoms with van der Waals surface area (Å²) in [4.78, 5) is 13.8. The van der Waals surface area contributed by atoms with Crippen LogP contribution in [0.3, 0.4) is 0 Å². The first kappa shape index (κ1) is 11.8. The molecule has 0 radical (unpaired) electrons. The molecule has 5 nitrogen and oxygen atoms in total. The maximum absolute atomic E-state index is 5.74. The molecule has 0 amide bonds. The van der Waals surface area contributed by atoms with Crippen LogP contribution in [0.1, 0.15) is 13.8 Å². The van der Waals surface area contributed by atoms with Crippen molar-refractivity contribution in [2.24, 2.45) is 0 Å². The van der Waals surface area contributed by atoms with Gasteiger partial charge >= 0.3 is 0 Å². The predicted molar refractivity (Wildman–Crippen MR) is 62.1 cm³/mol. The van der Waals surface area contributed by atoms with Crippen molar-refractivity contribution in [3.63, 3.8) is 0 Å². The Morgan fingerprint density at radius 1 is 1.06 bits per heavy atom. The number of rotatable bonds is 1. The van der Waals surface area contributed by atoms with Crippen LogP contribution in [0, 0.1) is 0 Å². The van der Waals surface area contributed by atoms with E-state index in [0.29, 0.717) is 5.95 Å². The molecule has 0 N–H and O–H groups in total. The molecule has 16 heavy (non-hydrogen) atoms. The molecule has 1 aliphatic heterocycles. The first-order valence-corrected chi connectivity index (χ1v) is 5.77. The average molecular weight is 263 g/mol. The highest BCUT2D eigenvalue weighted by Gasteiger charge is 2.24. The highest BCUT2D eigenvalue weighted by Crippen LogP contribution is 2.18. The molecule has 2 rings (SSSR count). The minimum Gasteiger partial charge on any atom is -0.372 e. The molecule has 1 fully saturated rings. The smallest absolute Gasteiger partial charge is 0.231 e.